The van der Waals surface area contributed by atoms with Gasteiger partial charge in [-0.15, -0.1) is 0 Å². The molecular formula is C33H34F2N6O2. The molecule has 2 aliphatic heterocycles. The second-order valence-corrected chi connectivity index (χ2v) is 12.3. The van der Waals surface area contributed by atoms with E-state index in [2.05, 4.69) is 29.4 Å². The van der Waals surface area contributed by atoms with Crippen LogP contribution in [0.15, 0.2) is 42.7 Å². The van der Waals surface area contributed by atoms with Crippen molar-refractivity contribution in [2.45, 2.75) is 43.7 Å². The molecule has 3 fully saturated rings. The number of halogens is 2. The fourth-order valence-electron chi connectivity index (χ4n) is 7.27. The monoisotopic (exact) mass is 584 g/mol. The molecule has 3 heterocycles. The summed E-state index contributed by atoms with van der Waals surface area (Å²) in [6.07, 6.45) is 4.33. The van der Waals surface area contributed by atoms with Crippen molar-refractivity contribution in [2.24, 2.45) is 5.92 Å². The number of likely N-dealkylation sites (N-methyl/N-ethyl adjacent to an activating group) is 1. The smallest absolute Gasteiger partial charge is 0.319 e. The van der Waals surface area contributed by atoms with Crippen LogP contribution in [-0.2, 0) is 11.2 Å². The van der Waals surface area contributed by atoms with Gasteiger partial charge in [0.15, 0.2) is 5.83 Å². The normalized spacial score (nSPS) is 24.5. The van der Waals surface area contributed by atoms with Crippen LogP contribution >= 0.6 is 0 Å². The number of nitrogens with zero attached hydrogens (tertiary/aromatic N) is 6. The molecule has 0 N–H and O–H groups in total. The second-order valence-electron chi connectivity index (χ2n) is 12.3. The van der Waals surface area contributed by atoms with E-state index in [4.69, 9.17) is 21.3 Å². The van der Waals surface area contributed by atoms with Crippen molar-refractivity contribution in [3.8, 4) is 17.1 Å². The molecule has 4 aliphatic rings. The van der Waals surface area contributed by atoms with Crippen LogP contribution in [0.1, 0.15) is 36.3 Å². The molecule has 1 saturated carbocycles. The Labute approximate surface area is 249 Å². The molecule has 0 radical (unpaired) electrons. The molecule has 4 atom stereocenters. The van der Waals surface area contributed by atoms with Gasteiger partial charge in [0.25, 0.3) is 5.91 Å². The van der Waals surface area contributed by atoms with Crippen LogP contribution in [0.4, 0.5) is 14.6 Å². The van der Waals surface area contributed by atoms with Crippen LogP contribution < -0.4 is 9.64 Å². The third-order valence-electron chi connectivity index (χ3n) is 9.69. The molecule has 3 aromatic rings. The number of fused-ring (bicyclic) bond motifs is 4. The summed E-state index contributed by atoms with van der Waals surface area (Å²) in [5, 5.41) is 0.526. The lowest BCUT2D eigenvalue weighted by atomic mass is 9.93. The highest BCUT2D eigenvalue weighted by molar-refractivity contribution is 5.94. The SMILES string of the molecule is [C-]#[N+]C[C@H]1CN(c2nc(OC[C@@H]3CCCN3C)nc3cc(-c4cccc5c4C[C@@H]4C[C@H]54)c(F)cc23)CCN1C(=O)C(=C)F. The number of ether oxygens (including phenoxy) is 1. The van der Waals surface area contributed by atoms with E-state index < -0.39 is 17.8 Å². The van der Waals surface area contributed by atoms with Crippen LogP contribution in [-0.4, -0.2) is 84.1 Å². The van der Waals surface area contributed by atoms with Crippen molar-refractivity contribution in [1.82, 2.24) is 19.8 Å². The average Bonchev–Trinajstić information content (AvgIpc) is 3.49. The van der Waals surface area contributed by atoms with Gasteiger partial charge in [-0.2, -0.15) is 9.97 Å². The quantitative estimate of drug-likeness (QED) is 0.288. The number of anilines is 1. The summed E-state index contributed by atoms with van der Waals surface area (Å²) in [6.45, 7) is 12.8. The highest BCUT2D eigenvalue weighted by atomic mass is 19.1. The topological polar surface area (TPSA) is 66.2 Å². The Morgan fingerprint density at radius 1 is 1.19 bits per heavy atom. The van der Waals surface area contributed by atoms with Crippen LogP contribution in [0.3, 0.4) is 0 Å². The van der Waals surface area contributed by atoms with Gasteiger partial charge in [0, 0.05) is 36.6 Å². The number of likely N-dealkylation sites (tertiary alicyclic amines) is 1. The molecule has 222 valence electrons. The molecule has 2 aliphatic carbocycles. The maximum atomic E-state index is 16.0. The van der Waals surface area contributed by atoms with Gasteiger partial charge in [-0.1, -0.05) is 24.8 Å². The summed E-state index contributed by atoms with van der Waals surface area (Å²) in [5.41, 5.74) is 4.56. The van der Waals surface area contributed by atoms with Crippen molar-refractivity contribution in [2.75, 3.05) is 51.3 Å². The Balaban J connectivity index is 1.28. The summed E-state index contributed by atoms with van der Waals surface area (Å²) < 4.78 is 36.0. The molecule has 0 unspecified atom stereocenters. The van der Waals surface area contributed by atoms with Crippen LogP contribution in [0.2, 0.25) is 0 Å². The fourth-order valence-corrected chi connectivity index (χ4v) is 7.27. The molecule has 43 heavy (non-hydrogen) atoms. The first-order valence-corrected chi connectivity index (χ1v) is 15.0. The lowest BCUT2D eigenvalue weighted by Crippen LogP contribution is -2.56. The lowest BCUT2D eigenvalue weighted by molar-refractivity contribution is -0.131. The number of hydrogen-bond donors (Lipinski definition) is 0. The largest absolute Gasteiger partial charge is 0.462 e. The zero-order chi connectivity index (χ0) is 29.8. The minimum Gasteiger partial charge on any atom is -0.462 e. The number of amides is 1. The van der Waals surface area contributed by atoms with Crippen LogP contribution in [0.25, 0.3) is 26.9 Å². The van der Waals surface area contributed by atoms with Crippen LogP contribution in [0.5, 0.6) is 6.01 Å². The third kappa shape index (κ3) is 4.99. The van der Waals surface area contributed by atoms with E-state index in [0.29, 0.717) is 47.3 Å². The number of hydrogen-bond acceptors (Lipinski definition) is 6. The summed E-state index contributed by atoms with van der Waals surface area (Å²) in [7, 11) is 2.08. The fraction of sp³-hybridized carbons (Fsp3) is 0.455. The predicted octanol–water partition coefficient (Wildman–Crippen LogP) is 4.99. The number of rotatable bonds is 7. The van der Waals surface area contributed by atoms with Gasteiger partial charge < -0.3 is 24.3 Å². The Morgan fingerprint density at radius 2 is 2.05 bits per heavy atom. The highest BCUT2D eigenvalue weighted by Crippen LogP contribution is 2.58. The Bertz CT molecular complexity index is 1670. The first-order chi connectivity index (χ1) is 20.8. The summed E-state index contributed by atoms with van der Waals surface area (Å²) in [4.78, 5) is 31.0. The van der Waals surface area contributed by atoms with Gasteiger partial charge in [-0.3, -0.25) is 4.79 Å². The maximum Gasteiger partial charge on any atom is 0.319 e. The standard InChI is InChI=1S/C33H34F2N6O2/c1-19(34)32(42)41-11-10-40(17-22(41)16-36-2)31-28-14-29(35)27(24-8-4-7-23-25-12-20(25)13-26(23)24)15-30(28)37-33(38-31)43-18-21-6-5-9-39(21)3/h4,7-8,14-15,20-22,25H,1,5-6,9-13,16-18H2,3H3/t20-,21-,22-,25-/m0/s1. The van der Waals surface area contributed by atoms with Crippen molar-refractivity contribution in [3.63, 3.8) is 0 Å². The third-order valence-corrected chi connectivity index (χ3v) is 9.69. The predicted molar refractivity (Wildman–Crippen MR) is 160 cm³/mol. The molecule has 2 saturated heterocycles. The average molecular weight is 585 g/mol. The van der Waals surface area contributed by atoms with E-state index in [1.807, 2.05) is 17.0 Å². The minimum atomic E-state index is -1.05. The Kier molecular flexibility index (Phi) is 7.01. The molecule has 10 heteroatoms. The maximum absolute atomic E-state index is 16.0. The van der Waals surface area contributed by atoms with Gasteiger partial charge in [0.2, 0.25) is 6.54 Å². The Hall–Kier alpha value is -4.10. The van der Waals surface area contributed by atoms with E-state index in [9.17, 15) is 9.18 Å². The number of piperazine rings is 1. The van der Waals surface area contributed by atoms with E-state index in [0.717, 1.165) is 31.4 Å². The van der Waals surface area contributed by atoms with Crippen LogP contribution in [0, 0.1) is 18.3 Å². The molecule has 7 rings (SSSR count). The number of carbonyl (C=O) groups excluding carboxylic acids is 1. The molecule has 2 aromatic carbocycles. The molecule has 1 aromatic heterocycles. The van der Waals surface area contributed by atoms with Crippen molar-refractivity contribution < 1.29 is 18.3 Å². The van der Waals surface area contributed by atoms with Gasteiger partial charge in [0.05, 0.1) is 5.52 Å². The molecule has 0 spiro atoms. The van der Waals surface area contributed by atoms with Gasteiger partial charge >= 0.3 is 6.01 Å². The first kappa shape index (κ1) is 27.7. The van der Waals surface area contributed by atoms with Gasteiger partial charge in [-0.05, 0) is 79.9 Å². The first-order valence-electron chi connectivity index (χ1n) is 15.0. The number of benzene rings is 2. The summed E-state index contributed by atoms with van der Waals surface area (Å²) in [6, 6.07) is 9.36. The zero-order valence-corrected chi connectivity index (χ0v) is 24.2. The second kappa shape index (κ2) is 10.9. The van der Waals surface area contributed by atoms with Crippen molar-refractivity contribution in [3.05, 3.63) is 71.1 Å². The minimum absolute atomic E-state index is 0.00444. The molecule has 0 bridgehead atoms. The van der Waals surface area contributed by atoms with Gasteiger partial charge in [-0.25, -0.2) is 15.4 Å². The van der Waals surface area contributed by atoms with Gasteiger partial charge in [0.1, 0.15) is 24.3 Å². The molecular weight excluding hydrogens is 550 g/mol. The van der Waals surface area contributed by atoms with E-state index in [-0.39, 0.29) is 37.5 Å². The van der Waals surface area contributed by atoms with E-state index in [1.54, 1.807) is 6.07 Å². The zero-order valence-electron chi connectivity index (χ0n) is 24.2. The summed E-state index contributed by atoms with van der Waals surface area (Å²) in [5.74, 6) is -0.466. The van der Waals surface area contributed by atoms with E-state index in [1.165, 1.54) is 28.5 Å². The van der Waals surface area contributed by atoms with Crippen molar-refractivity contribution >= 4 is 22.6 Å². The summed E-state index contributed by atoms with van der Waals surface area (Å²) >= 11 is 0. The number of carbonyl (C=O) groups is 1. The molecule has 8 nitrogen and oxygen atoms in total. The number of aromatic nitrogens is 2. The Morgan fingerprint density at radius 3 is 2.81 bits per heavy atom. The highest BCUT2D eigenvalue weighted by Gasteiger charge is 2.46. The molecule has 1 amide bonds. The van der Waals surface area contributed by atoms with Crippen molar-refractivity contribution in [1.29, 1.82) is 0 Å². The van der Waals surface area contributed by atoms with E-state index >= 15 is 4.39 Å². The lowest BCUT2D eigenvalue weighted by Gasteiger charge is -2.39.